The van der Waals surface area contributed by atoms with E-state index in [0.29, 0.717) is 32.0 Å². The summed E-state index contributed by atoms with van der Waals surface area (Å²) in [5, 5.41) is 0. The van der Waals surface area contributed by atoms with Crippen molar-refractivity contribution < 1.29 is 14.3 Å². The second-order valence-corrected chi connectivity index (χ2v) is 6.50. The SMILES string of the molecule is CCOc1ccc(OCC(=O)N2C[C@@H](CN)[C@H](c3ccccc3)C2)cc1.Cl. The summed E-state index contributed by atoms with van der Waals surface area (Å²) in [5.74, 6) is 2.02. The Morgan fingerprint density at radius 2 is 1.67 bits per heavy atom. The first-order valence-corrected chi connectivity index (χ1v) is 9.09. The van der Waals surface area contributed by atoms with Crippen LogP contribution in [0.2, 0.25) is 0 Å². The van der Waals surface area contributed by atoms with Crippen molar-refractivity contribution in [1.82, 2.24) is 4.90 Å². The first kappa shape index (κ1) is 21.1. The number of nitrogens with two attached hydrogens (primary N) is 1. The average molecular weight is 391 g/mol. The average Bonchev–Trinajstić information content (AvgIpc) is 3.13. The highest BCUT2D eigenvalue weighted by Gasteiger charge is 2.35. The van der Waals surface area contributed by atoms with Crippen molar-refractivity contribution >= 4 is 18.3 Å². The highest BCUT2D eigenvalue weighted by atomic mass is 35.5. The summed E-state index contributed by atoms with van der Waals surface area (Å²) in [7, 11) is 0. The van der Waals surface area contributed by atoms with Crippen LogP contribution in [0.25, 0.3) is 0 Å². The molecule has 1 aliphatic heterocycles. The zero-order chi connectivity index (χ0) is 18.4. The van der Waals surface area contributed by atoms with Gasteiger partial charge in [0.1, 0.15) is 11.5 Å². The number of ether oxygens (including phenoxy) is 2. The summed E-state index contributed by atoms with van der Waals surface area (Å²) >= 11 is 0. The smallest absolute Gasteiger partial charge is 0.260 e. The second-order valence-electron chi connectivity index (χ2n) is 6.50. The maximum absolute atomic E-state index is 12.6. The lowest BCUT2D eigenvalue weighted by Crippen LogP contribution is -2.33. The van der Waals surface area contributed by atoms with Gasteiger partial charge >= 0.3 is 0 Å². The quantitative estimate of drug-likeness (QED) is 0.789. The number of hydrogen-bond donors (Lipinski definition) is 1. The maximum Gasteiger partial charge on any atom is 0.260 e. The molecule has 2 aromatic carbocycles. The van der Waals surface area contributed by atoms with Crippen molar-refractivity contribution in [3.05, 3.63) is 60.2 Å². The fraction of sp³-hybridized carbons (Fsp3) is 0.381. The van der Waals surface area contributed by atoms with Crippen molar-refractivity contribution in [3.63, 3.8) is 0 Å². The van der Waals surface area contributed by atoms with Crippen LogP contribution in [0, 0.1) is 5.92 Å². The van der Waals surface area contributed by atoms with Crippen LogP contribution >= 0.6 is 12.4 Å². The van der Waals surface area contributed by atoms with Crippen LogP contribution in [-0.2, 0) is 4.79 Å². The highest BCUT2D eigenvalue weighted by molar-refractivity contribution is 5.85. The molecule has 27 heavy (non-hydrogen) atoms. The van der Waals surface area contributed by atoms with Crippen molar-refractivity contribution in [1.29, 1.82) is 0 Å². The van der Waals surface area contributed by atoms with E-state index in [1.807, 2.05) is 54.3 Å². The predicted octanol–water partition coefficient (Wildman–Crippen LogP) is 3.09. The number of likely N-dealkylation sites (tertiary alicyclic amines) is 1. The molecule has 0 aromatic heterocycles. The van der Waals surface area contributed by atoms with E-state index in [0.717, 1.165) is 5.75 Å². The minimum atomic E-state index is -0.00392. The number of benzene rings is 2. The highest BCUT2D eigenvalue weighted by Crippen LogP contribution is 2.32. The Morgan fingerprint density at radius 1 is 1.04 bits per heavy atom. The van der Waals surface area contributed by atoms with Gasteiger partial charge in [0, 0.05) is 19.0 Å². The Morgan fingerprint density at radius 3 is 2.26 bits per heavy atom. The number of halogens is 1. The topological polar surface area (TPSA) is 64.8 Å². The minimum Gasteiger partial charge on any atom is -0.494 e. The first-order chi connectivity index (χ1) is 12.7. The number of carbonyl (C=O) groups excluding carboxylic acids is 1. The monoisotopic (exact) mass is 390 g/mol. The molecule has 1 amide bonds. The van der Waals surface area contributed by atoms with E-state index in [1.165, 1.54) is 5.56 Å². The van der Waals surface area contributed by atoms with E-state index in [4.69, 9.17) is 15.2 Å². The molecule has 0 aliphatic carbocycles. The summed E-state index contributed by atoms with van der Waals surface area (Å²) < 4.78 is 11.0. The molecule has 1 fully saturated rings. The molecule has 1 saturated heterocycles. The molecule has 0 radical (unpaired) electrons. The zero-order valence-electron chi connectivity index (χ0n) is 15.5. The third-order valence-corrected chi connectivity index (χ3v) is 4.82. The van der Waals surface area contributed by atoms with Crippen LogP contribution in [0.1, 0.15) is 18.4 Å². The zero-order valence-corrected chi connectivity index (χ0v) is 16.4. The fourth-order valence-electron chi connectivity index (χ4n) is 3.43. The molecular weight excluding hydrogens is 364 g/mol. The van der Waals surface area contributed by atoms with Gasteiger partial charge in [-0.25, -0.2) is 0 Å². The van der Waals surface area contributed by atoms with E-state index < -0.39 is 0 Å². The Kier molecular flexibility index (Phi) is 7.95. The first-order valence-electron chi connectivity index (χ1n) is 9.09. The summed E-state index contributed by atoms with van der Waals surface area (Å²) in [5.41, 5.74) is 7.19. The van der Waals surface area contributed by atoms with Gasteiger partial charge in [-0.2, -0.15) is 0 Å². The van der Waals surface area contributed by atoms with Crippen LogP contribution in [0.15, 0.2) is 54.6 Å². The van der Waals surface area contributed by atoms with Crippen molar-refractivity contribution in [3.8, 4) is 11.5 Å². The van der Waals surface area contributed by atoms with Gasteiger partial charge in [-0.05, 0) is 49.2 Å². The van der Waals surface area contributed by atoms with Crippen LogP contribution in [-0.4, -0.2) is 43.7 Å². The standard InChI is InChI=1S/C21H26N2O3.ClH/c1-2-25-18-8-10-19(11-9-18)26-15-21(24)23-13-17(12-22)20(14-23)16-6-4-3-5-7-16;/h3-11,17,20H,2,12-15,22H2,1H3;1H/t17-,20+;/m1./s1. The molecule has 2 atom stereocenters. The number of rotatable bonds is 7. The number of amides is 1. The second kappa shape index (κ2) is 10.2. The lowest BCUT2D eigenvalue weighted by atomic mass is 9.89. The van der Waals surface area contributed by atoms with E-state index in [-0.39, 0.29) is 36.8 Å². The summed E-state index contributed by atoms with van der Waals surface area (Å²) in [6, 6.07) is 17.6. The van der Waals surface area contributed by atoms with Crippen molar-refractivity contribution in [2.75, 3.05) is 32.8 Å². The lowest BCUT2D eigenvalue weighted by molar-refractivity contribution is -0.132. The van der Waals surface area contributed by atoms with E-state index in [9.17, 15) is 4.79 Å². The summed E-state index contributed by atoms with van der Waals surface area (Å²) in [6.45, 7) is 4.55. The molecule has 1 heterocycles. The van der Waals surface area contributed by atoms with Crippen LogP contribution in [0.4, 0.5) is 0 Å². The minimum absolute atomic E-state index is 0. The van der Waals surface area contributed by atoms with Gasteiger partial charge in [-0.3, -0.25) is 4.79 Å². The molecule has 2 aromatic rings. The summed E-state index contributed by atoms with van der Waals surface area (Å²) in [6.07, 6.45) is 0. The van der Waals surface area contributed by atoms with Gasteiger partial charge in [0.25, 0.3) is 5.91 Å². The van der Waals surface area contributed by atoms with Gasteiger partial charge in [0.2, 0.25) is 0 Å². The Bertz CT molecular complexity index is 709. The molecule has 6 heteroatoms. The molecule has 1 aliphatic rings. The third kappa shape index (κ3) is 5.37. The fourth-order valence-corrected chi connectivity index (χ4v) is 3.43. The number of nitrogens with zero attached hydrogens (tertiary/aromatic N) is 1. The molecule has 0 bridgehead atoms. The molecule has 0 spiro atoms. The molecule has 2 N–H and O–H groups in total. The Labute approximate surface area is 166 Å². The molecular formula is C21H27ClN2O3. The van der Waals surface area contributed by atoms with E-state index in [2.05, 4.69) is 12.1 Å². The van der Waals surface area contributed by atoms with Crippen LogP contribution in [0.3, 0.4) is 0 Å². The normalized spacial score (nSPS) is 18.7. The van der Waals surface area contributed by atoms with E-state index in [1.54, 1.807) is 0 Å². The molecule has 3 rings (SSSR count). The number of carbonyl (C=O) groups is 1. The van der Waals surface area contributed by atoms with Gasteiger partial charge in [-0.15, -0.1) is 12.4 Å². The van der Waals surface area contributed by atoms with Crippen LogP contribution in [0.5, 0.6) is 11.5 Å². The third-order valence-electron chi connectivity index (χ3n) is 4.82. The van der Waals surface area contributed by atoms with Gasteiger partial charge < -0.3 is 20.1 Å². The maximum atomic E-state index is 12.6. The van der Waals surface area contributed by atoms with Gasteiger partial charge in [-0.1, -0.05) is 30.3 Å². The van der Waals surface area contributed by atoms with Crippen molar-refractivity contribution in [2.24, 2.45) is 11.7 Å². The van der Waals surface area contributed by atoms with Crippen molar-refractivity contribution in [2.45, 2.75) is 12.8 Å². The van der Waals surface area contributed by atoms with Crippen LogP contribution < -0.4 is 15.2 Å². The lowest BCUT2D eigenvalue weighted by Gasteiger charge is -2.17. The summed E-state index contributed by atoms with van der Waals surface area (Å²) in [4.78, 5) is 14.4. The number of hydrogen-bond acceptors (Lipinski definition) is 4. The Hall–Kier alpha value is -2.24. The molecule has 146 valence electrons. The molecule has 5 nitrogen and oxygen atoms in total. The van der Waals surface area contributed by atoms with Gasteiger partial charge in [0.15, 0.2) is 6.61 Å². The Balaban J connectivity index is 0.00000261. The molecule has 0 saturated carbocycles. The largest absolute Gasteiger partial charge is 0.494 e. The van der Waals surface area contributed by atoms with Gasteiger partial charge in [0.05, 0.1) is 6.61 Å². The molecule has 0 unspecified atom stereocenters. The van der Waals surface area contributed by atoms with E-state index >= 15 is 0 Å². The predicted molar refractivity (Wildman–Crippen MR) is 109 cm³/mol.